The van der Waals surface area contributed by atoms with E-state index in [1.54, 1.807) is 0 Å². The summed E-state index contributed by atoms with van der Waals surface area (Å²) < 4.78 is 0. The van der Waals surface area contributed by atoms with Crippen molar-refractivity contribution in [2.45, 2.75) is 59.3 Å². The molecule has 0 fully saturated rings. The van der Waals surface area contributed by atoms with Crippen molar-refractivity contribution in [2.75, 3.05) is 0 Å². The molecule has 3 aromatic heterocycles. The van der Waals surface area contributed by atoms with E-state index in [1.807, 2.05) is 43.6 Å². The molecule has 0 saturated carbocycles. The zero-order valence-electron chi connectivity index (χ0n) is 63.6. The zero-order valence-corrected chi connectivity index (χ0v) is 63.6. The van der Waals surface area contributed by atoms with Crippen molar-refractivity contribution in [3.8, 4) is 157 Å². The first-order chi connectivity index (χ1) is 54.1. The Kier molecular flexibility index (Phi) is 20.2. The van der Waals surface area contributed by atoms with Crippen LogP contribution >= 0.6 is 0 Å². The highest BCUT2D eigenvalue weighted by Gasteiger charge is 2.24. The summed E-state index contributed by atoms with van der Waals surface area (Å²) in [6.45, 7) is 19.7. The van der Waals surface area contributed by atoms with Crippen LogP contribution < -0.4 is 0 Å². The van der Waals surface area contributed by atoms with Crippen LogP contribution in [0.2, 0.25) is 0 Å². The number of aromatic nitrogens is 5. The average Bonchev–Trinajstić information content (AvgIpc) is 0.762. The van der Waals surface area contributed by atoms with Gasteiger partial charge in [-0.05, 0) is 225 Å². The molecule has 0 amide bonds. The molecule has 0 aliphatic carbocycles. The Morgan fingerprint density at radius 2 is 0.595 bits per heavy atom. The van der Waals surface area contributed by atoms with E-state index in [9.17, 15) is 0 Å². The number of aliphatic imine (C=N–C) groups is 1. The summed E-state index contributed by atoms with van der Waals surface area (Å²) in [6.07, 6.45) is 7.92. The first-order valence-corrected chi connectivity index (χ1v) is 38.0. The SMILES string of the molecule is C=N/C(=C\C=C(/C)c1nc(-c2cccc(-c3ccccc3)c2)nc(-c2cccc(-c3ccccc3)c2)n1)c1ccc(-c2ccccc2-c2cc(-c3ccccc3-c3ccc(-c4cc(C(C)(C)C)ccn4)cc3-c3ccccc3)cc(-c3ccccc3-c3ccc(-c4cc(C(C)(C)C)ccn4)cc3-c3ccccc3)c2)cc1. The van der Waals surface area contributed by atoms with E-state index in [4.69, 9.17) is 24.9 Å². The highest BCUT2D eigenvalue weighted by molar-refractivity contribution is 5.99. The van der Waals surface area contributed by atoms with E-state index in [1.165, 1.54) is 11.1 Å². The number of pyridine rings is 2. The average molecular weight is 1430 g/mol. The smallest absolute Gasteiger partial charge is 0.164 e. The second-order valence-electron chi connectivity index (χ2n) is 30.4. The van der Waals surface area contributed by atoms with Crippen LogP contribution in [-0.2, 0) is 10.8 Å². The number of hydrogen-bond donors (Lipinski definition) is 0. The van der Waals surface area contributed by atoms with E-state index in [0.29, 0.717) is 23.2 Å². The molecule has 0 aliphatic rings. The Balaban J connectivity index is 0.809. The number of allylic oxidation sites excluding steroid dienone is 3. The fourth-order valence-electron chi connectivity index (χ4n) is 14.8. The standard InChI is InChI=1S/C105H84N6/c1-70(101-109-102(81-39-27-37-77(61-81)71-29-13-9-14-30-71)111-103(110-101)82-40-28-38-78(62-82)72-31-15-10-16-32-72)47-56-98(106-8)76-50-48-75(49-51-76)88-41-21-22-42-89(88)83-63-84(90-43-23-25-45-92(90)94-54-52-79(66-96(94)73-33-17-11-18-34-73)99-68-86(57-59-107-99)104(2,3)4)65-85(64-83)91-44-24-26-46-93(91)95-55-53-80(67-97(95)74-35-19-12-20-36-74)100-69-87(58-60-108-100)105(5,6)7/h9-69H,8H2,1-7H3/b70-47+,98-56-. The number of benzene rings is 13. The number of nitrogens with zero attached hydrogens (tertiary/aromatic N) is 6. The molecule has 16 rings (SSSR count). The van der Waals surface area contributed by atoms with E-state index in [-0.39, 0.29) is 10.8 Å². The first-order valence-electron chi connectivity index (χ1n) is 38.0. The molecule has 0 saturated heterocycles. The highest BCUT2D eigenvalue weighted by atomic mass is 15.0. The first kappa shape index (κ1) is 71.6. The molecule has 0 unspecified atom stereocenters. The quantitative estimate of drug-likeness (QED) is 0.0632. The highest BCUT2D eigenvalue weighted by Crippen LogP contribution is 2.47. The summed E-state index contributed by atoms with van der Waals surface area (Å²) in [5, 5.41) is 0. The van der Waals surface area contributed by atoms with Crippen LogP contribution in [0.5, 0.6) is 0 Å². The lowest BCUT2D eigenvalue weighted by molar-refractivity contribution is 0.589. The summed E-state index contributed by atoms with van der Waals surface area (Å²) in [5.74, 6) is 1.71. The summed E-state index contributed by atoms with van der Waals surface area (Å²) in [7, 11) is 0. The van der Waals surface area contributed by atoms with Crippen molar-refractivity contribution in [1.82, 2.24) is 24.9 Å². The van der Waals surface area contributed by atoms with Crippen molar-refractivity contribution in [3.05, 3.63) is 393 Å². The molecule has 13 aromatic carbocycles. The van der Waals surface area contributed by atoms with Crippen molar-refractivity contribution < 1.29 is 0 Å². The molecule has 111 heavy (non-hydrogen) atoms. The van der Waals surface area contributed by atoms with Crippen LogP contribution in [0.25, 0.3) is 168 Å². The molecule has 534 valence electrons. The predicted octanol–water partition coefficient (Wildman–Crippen LogP) is 27.7. The van der Waals surface area contributed by atoms with Gasteiger partial charge in [-0.1, -0.05) is 327 Å². The van der Waals surface area contributed by atoms with E-state index < -0.39 is 0 Å². The molecule has 0 atom stereocenters. The maximum Gasteiger partial charge on any atom is 0.164 e. The van der Waals surface area contributed by atoms with E-state index in [2.05, 4.69) is 387 Å². The Morgan fingerprint density at radius 1 is 0.270 bits per heavy atom. The third-order valence-corrected chi connectivity index (χ3v) is 20.9. The number of rotatable bonds is 18. The Hall–Kier alpha value is -13.7. The maximum atomic E-state index is 5.18. The van der Waals surface area contributed by atoms with Gasteiger partial charge >= 0.3 is 0 Å². The second-order valence-corrected chi connectivity index (χ2v) is 30.4. The molecule has 0 aliphatic heterocycles. The van der Waals surface area contributed by atoms with Gasteiger partial charge < -0.3 is 0 Å². The van der Waals surface area contributed by atoms with Gasteiger partial charge in [0.1, 0.15) is 0 Å². The Labute approximate surface area is 652 Å². The minimum absolute atomic E-state index is 0.0408. The van der Waals surface area contributed by atoms with Gasteiger partial charge in [-0.25, -0.2) is 15.0 Å². The summed E-state index contributed by atoms with van der Waals surface area (Å²) in [5.41, 5.74) is 32.7. The van der Waals surface area contributed by atoms with Crippen LogP contribution in [0.1, 0.15) is 71.0 Å². The molecule has 6 nitrogen and oxygen atoms in total. The van der Waals surface area contributed by atoms with Crippen LogP contribution in [0.4, 0.5) is 0 Å². The minimum atomic E-state index is -0.0408. The van der Waals surface area contributed by atoms with Crippen molar-refractivity contribution in [1.29, 1.82) is 0 Å². The van der Waals surface area contributed by atoms with Crippen molar-refractivity contribution in [2.24, 2.45) is 4.99 Å². The topological polar surface area (TPSA) is 76.8 Å². The second kappa shape index (κ2) is 31.3. The number of hydrogen-bond acceptors (Lipinski definition) is 6. The molecule has 0 bridgehead atoms. The fourth-order valence-corrected chi connectivity index (χ4v) is 14.8. The lowest BCUT2D eigenvalue weighted by atomic mass is 9.83. The Morgan fingerprint density at radius 3 is 1.00 bits per heavy atom. The van der Waals surface area contributed by atoms with Gasteiger partial charge in [0.15, 0.2) is 17.5 Å². The molecule has 0 N–H and O–H groups in total. The molecular formula is C105H84N6. The molecule has 6 heteroatoms. The predicted molar refractivity (Wildman–Crippen MR) is 467 cm³/mol. The van der Waals surface area contributed by atoms with Gasteiger partial charge in [0, 0.05) is 40.2 Å². The third-order valence-electron chi connectivity index (χ3n) is 20.9. The van der Waals surface area contributed by atoms with Gasteiger partial charge in [-0.3, -0.25) is 15.0 Å². The van der Waals surface area contributed by atoms with Crippen LogP contribution in [-0.4, -0.2) is 31.6 Å². The monoisotopic (exact) mass is 1430 g/mol. The van der Waals surface area contributed by atoms with Crippen molar-refractivity contribution >= 4 is 18.0 Å². The third kappa shape index (κ3) is 15.6. The summed E-state index contributed by atoms with van der Waals surface area (Å²) in [4.78, 5) is 30.1. The normalized spacial score (nSPS) is 11.9. The Bertz CT molecular complexity index is 5850. The van der Waals surface area contributed by atoms with E-state index in [0.717, 1.165) is 156 Å². The molecular weight excluding hydrogens is 1350 g/mol. The van der Waals surface area contributed by atoms with Gasteiger partial charge in [0.2, 0.25) is 0 Å². The van der Waals surface area contributed by atoms with Crippen LogP contribution in [0.3, 0.4) is 0 Å². The van der Waals surface area contributed by atoms with E-state index >= 15 is 0 Å². The molecule has 16 aromatic rings. The summed E-state index contributed by atoms with van der Waals surface area (Å²) in [6, 6.07) is 124. The van der Waals surface area contributed by atoms with Crippen LogP contribution in [0, 0.1) is 0 Å². The summed E-state index contributed by atoms with van der Waals surface area (Å²) >= 11 is 0. The van der Waals surface area contributed by atoms with Crippen LogP contribution in [0.15, 0.2) is 375 Å². The van der Waals surface area contributed by atoms with Gasteiger partial charge in [-0.2, -0.15) is 0 Å². The van der Waals surface area contributed by atoms with Gasteiger partial charge in [0.05, 0.1) is 17.1 Å². The lowest BCUT2D eigenvalue weighted by Gasteiger charge is -2.21. The molecule has 0 spiro atoms. The largest absolute Gasteiger partial charge is 0.264 e. The maximum absolute atomic E-state index is 5.18. The zero-order chi connectivity index (χ0) is 76.0. The molecule has 3 heterocycles. The minimum Gasteiger partial charge on any atom is -0.264 e. The van der Waals surface area contributed by atoms with Gasteiger partial charge in [-0.15, -0.1) is 0 Å². The fraction of sp³-hybridized carbons (Fsp3) is 0.0857. The van der Waals surface area contributed by atoms with Crippen molar-refractivity contribution in [3.63, 3.8) is 0 Å². The lowest BCUT2D eigenvalue weighted by Crippen LogP contribution is -2.11. The van der Waals surface area contributed by atoms with Gasteiger partial charge in [0.25, 0.3) is 0 Å². The molecule has 0 radical (unpaired) electrons.